The van der Waals surface area contributed by atoms with Crippen molar-refractivity contribution in [2.75, 3.05) is 0 Å². The lowest BCUT2D eigenvalue weighted by atomic mass is 10.3. The highest BCUT2D eigenvalue weighted by Crippen LogP contribution is 2.16. The number of rotatable bonds is 3. The van der Waals surface area contributed by atoms with Crippen molar-refractivity contribution in [3.63, 3.8) is 0 Å². The van der Waals surface area contributed by atoms with Gasteiger partial charge in [-0.2, -0.15) is 4.99 Å². The summed E-state index contributed by atoms with van der Waals surface area (Å²) in [5.74, 6) is 1.01. The highest BCUT2D eigenvalue weighted by atomic mass is 16.1. The number of hydrogen-bond donors (Lipinski definition) is 0. The quantitative estimate of drug-likeness (QED) is 0.580. The zero-order valence-corrected chi connectivity index (χ0v) is 8.92. The monoisotopic (exact) mass is 213 g/mol. The van der Waals surface area contributed by atoms with E-state index in [2.05, 4.69) is 16.9 Å². The highest BCUT2D eigenvalue weighted by molar-refractivity contribution is 5.51. The molecular formula is C12H11N3O. The second-order valence-electron chi connectivity index (χ2n) is 3.29. The Balaban J connectivity index is 2.38. The molecule has 2 aromatic rings. The van der Waals surface area contributed by atoms with Crippen LogP contribution in [0.1, 0.15) is 12.7 Å². The molecule has 4 heteroatoms. The normalized spacial score (nSPS) is 9.81. The molecule has 0 saturated carbocycles. The Morgan fingerprint density at radius 2 is 2.12 bits per heavy atom. The van der Waals surface area contributed by atoms with Crippen LogP contribution in [-0.2, 0) is 11.2 Å². The molecule has 0 aliphatic rings. The summed E-state index contributed by atoms with van der Waals surface area (Å²) in [7, 11) is 0. The second-order valence-corrected chi connectivity index (χ2v) is 3.29. The Hall–Kier alpha value is -2.19. The average Bonchev–Trinajstić information content (AvgIpc) is 2.78. The summed E-state index contributed by atoms with van der Waals surface area (Å²) in [6, 6.07) is 7.35. The van der Waals surface area contributed by atoms with Gasteiger partial charge in [0.1, 0.15) is 5.82 Å². The van der Waals surface area contributed by atoms with Gasteiger partial charge >= 0.3 is 0 Å². The van der Waals surface area contributed by atoms with Gasteiger partial charge in [0, 0.05) is 24.5 Å². The molecule has 1 aromatic heterocycles. The van der Waals surface area contributed by atoms with Gasteiger partial charge in [0.25, 0.3) is 0 Å². The van der Waals surface area contributed by atoms with Crippen molar-refractivity contribution in [3.05, 3.63) is 42.5 Å². The first kappa shape index (κ1) is 10.3. The van der Waals surface area contributed by atoms with Crippen LogP contribution >= 0.6 is 0 Å². The minimum atomic E-state index is 0.608. The first-order valence-electron chi connectivity index (χ1n) is 5.05. The Labute approximate surface area is 93.3 Å². The summed E-state index contributed by atoms with van der Waals surface area (Å²) in [6.07, 6.45) is 6.08. The number of aliphatic imine (C=N–C) groups is 1. The fraction of sp³-hybridized carbons (Fsp3) is 0.167. The molecule has 2 rings (SSSR count). The van der Waals surface area contributed by atoms with Crippen LogP contribution < -0.4 is 0 Å². The summed E-state index contributed by atoms with van der Waals surface area (Å²) in [5, 5.41) is 0. The van der Waals surface area contributed by atoms with Crippen molar-refractivity contribution in [1.29, 1.82) is 0 Å². The van der Waals surface area contributed by atoms with Gasteiger partial charge in [0.05, 0.1) is 5.69 Å². The van der Waals surface area contributed by atoms with Gasteiger partial charge in [0.15, 0.2) is 0 Å². The van der Waals surface area contributed by atoms with Crippen molar-refractivity contribution in [2.45, 2.75) is 13.3 Å². The fourth-order valence-corrected chi connectivity index (χ4v) is 1.57. The van der Waals surface area contributed by atoms with E-state index in [1.165, 1.54) is 6.08 Å². The fourth-order valence-electron chi connectivity index (χ4n) is 1.57. The third-order valence-corrected chi connectivity index (χ3v) is 2.34. The highest BCUT2D eigenvalue weighted by Gasteiger charge is 2.02. The second kappa shape index (κ2) is 4.55. The third kappa shape index (κ3) is 1.92. The molecule has 80 valence electrons. The number of imidazole rings is 1. The summed E-state index contributed by atoms with van der Waals surface area (Å²) < 4.78 is 2.01. The molecule has 0 saturated heterocycles. The number of aromatic nitrogens is 2. The molecule has 0 spiro atoms. The minimum absolute atomic E-state index is 0.608. The standard InChI is InChI=1S/C12H11N3O/c1-2-12-13-7-8-15(12)11-5-3-10(4-6-11)14-9-16/h3-8H,2H2,1H3. The molecule has 1 aromatic carbocycles. The van der Waals surface area contributed by atoms with Crippen molar-refractivity contribution in [2.24, 2.45) is 4.99 Å². The van der Waals surface area contributed by atoms with E-state index in [4.69, 9.17) is 0 Å². The molecule has 1 heterocycles. The van der Waals surface area contributed by atoms with Gasteiger partial charge in [-0.15, -0.1) is 0 Å². The molecule has 0 aliphatic heterocycles. The zero-order chi connectivity index (χ0) is 11.4. The van der Waals surface area contributed by atoms with Gasteiger partial charge in [-0.1, -0.05) is 6.92 Å². The number of isocyanates is 1. The third-order valence-electron chi connectivity index (χ3n) is 2.34. The maximum Gasteiger partial charge on any atom is 0.240 e. The number of aryl methyl sites for hydroxylation is 1. The number of carbonyl (C=O) groups excluding carboxylic acids is 1. The van der Waals surface area contributed by atoms with E-state index in [1.54, 1.807) is 18.3 Å². The van der Waals surface area contributed by atoms with E-state index in [-0.39, 0.29) is 0 Å². The van der Waals surface area contributed by atoms with Crippen molar-refractivity contribution in [1.82, 2.24) is 9.55 Å². The minimum Gasteiger partial charge on any atom is -0.304 e. The first-order valence-corrected chi connectivity index (χ1v) is 5.05. The van der Waals surface area contributed by atoms with Crippen LogP contribution in [0, 0.1) is 0 Å². The van der Waals surface area contributed by atoms with Crippen molar-refractivity contribution >= 4 is 11.8 Å². The van der Waals surface area contributed by atoms with Gasteiger partial charge in [-0.05, 0) is 24.3 Å². The van der Waals surface area contributed by atoms with Crippen LogP contribution in [0.3, 0.4) is 0 Å². The molecule has 0 N–H and O–H groups in total. The molecular weight excluding hydrogens is 202 g/mol. The maximum absolute atomic E-state index is 10.1. The molecule has 0 amide bonds. The van der Waals surface area contributed by atoms with Gasteiger partial charge in [-0.25, -0.2) is 9.78 Å². The Morgan fingerprint density at radius 1 is 1.38 bits per heavy atom. The Morgan fingerprint density at radius 3 is 2.75 bits per heavy atom. The average molecular weight is 213 g/mol. The number of benzene rings is 1. The maximum atomic E-state index is 10.1. The van der Waals surface area contributed by atoms with Crippen LogP contribution in [-0.4, -0.2) is 15.6 Å². The predicted octanol–water partition coefficient (Wildman–Crippen LogP) is 2.40. The van der Waals surface area contributed by atoms with Crippen LogP contribution in [0.4, 0.5) is 5.69 Å². The van der Waals surface area contributed by atoms with Crippen LogP contribution in [0.15, 0.2) is 41.7 Å². The van der Waals surface area contributed by atoms with E-state index in [1.807, 2.05) is 22.9 Å². The lowest BCUT2D eigenvalue weighted by Gasteiger charge is -2.05. The summed E-state index contributed by atoms with van der Waals surface area (Å²) >= 11 is 0. The van der Waals surface area contributed by atoms with E-state index in [0.717, 1.165) is 17.9 Å². The Bertz CT molecular complexity index is 521. The van der Waals surface area contributed by atoms with E-state index in [9.17, 15) is 4.79 Å². The van der Waals surface area contributed by atoms with Crippen LogP contribution in [0.5, 0.6) is 0 Å². The molecule has 0 aliphatic carbocycles. The molecule has 4 nitrogen and oxygen atoms in total. The molecule has 0 unspecified atom stereocenters. The largest absolute Gasteiger partial charge is 0.304 e. The summed E-state index contributed by atoms with van der Waals surface area (Å²) in [5.41, 5.74) is 1.62. The molecule has 16 heavy (non-hydrogen) atoms. The topological polar surface area (TPSA) is 47.2 Å². The van der Waals surface area contributed by atoms with E-state index < -0.39 is 0 Å². The lowest BCUT2D eigenvalue weighted by Crippen LogP contribution is -1.98. The molecule has 0 radical (unpaired) electrons. The van der Waals surface area contributed by atoms with E-state index in [0.29, 0.717) is 5.69 Å². The molecule has 0 bridgehead atoms. The summed E-state index contributed by atoms with van der Waals surface area (Å²) in [6.45, 7) is 2.06. The van der Waals surface area contributed by atoms with Crippen LogP contribution in [0.25, 0.3) is 5.69 Å². The van der Waals surface area contributed by atoms with E-state index >= 15 is 0 Å². The lowest BCUT2D eigenvalue weighted by molar-refractivity contribution is 0.565. The molecule has 0 fully saturated rings. The van der Waals surface area contributed by atoms with Crippen LogP contribution in [0.2, 0.25) is 0 Å². The SMILES string of the molecule is CCc1nccn1-c1ccc(N=C=O)cc1. The number of nitrogens with zero attached hydrogens (tertiary/aromatic N) is 3. The smallest absolute Gasteiger partial charge is 0.240 e. The van der Waals surface area contributed by atoms with Gasteiger partial charge in [0.2, 0.25) is 6.08 Å². The van der Waals surface area contributed by atoms with Gasteiger partial charge < -0.3 is 4.57 Å². The summed E-state index contributed by atoms with van der Waals surface area (Å²) in [4.78, 5) is 17.9. The predicted molar refractivity (Wildman–Crippen MR) is 60.7 cm³/mol. The van der Waals surface area contributed by atoms with Crippen molar-refractivity contribution < 1.29 is 4.79 Å². The zero-order valence-electron chi connectivity index (χ0n) is 8.92. The molecule has 0 atom stereocenters. The Kier molecular flexibility index (Phi) is 2.94. The van der Waals surface area contributed by atoms with Crippen molar-refractivity contribution in [3.8, 4) is 5.69 Å². The van der Waals surface area contributed by atoms with Gasteiger partial charge in [-0.3, -0.25) is 0 Å². The number of hydrogen-bond acceptors (Lipinski definition) is 3. The first-order chi connectivity index (χ1) is 7.85.